The molecule has 0 fully saturated rings. The monoisotopic (exact) mass is 388 g/mol. The molecule has 0 bridgehead atoms. The van der Waals surface area contributed by atoms with Gasteiger partial charge in [-0.3, -0.25) is 4.79 Å². The molecule has 0 saturated heterocycles. The number of carbonyl (C=O) groups excluding carboxylic acids is 1. The lowest BCUT2D eigenvalue weighted by Gasteiger charge is -2.14. The number of hydrogen-bond acceptors (Lipinski definition) is 4. The molecule has 0 aliphatic rings. The van der Waals surface area contributed by atoms with Gasteiger partial charge in [-0.05, 0) is 18.2 Å². The maximum absolute atomic E-state index is 12.1. The molecule has 2 N–H and O–H groups in total. The van der Waals surface area contributed by atoms with Crippen LogP contribution >= 0.6 is 34.8 Å². The Labute approximate surface area is 154 Å². The van der Waals surface area contributed by atoms with E-state index >= 15 is 0 Å². The van der Waals surface area contributed by atoms with E-state index in [0.29, 0.717) is 37.9 Å². The van der Waals surface area contributed by atoms with Crippen LogP contribution in [-0.4, -0.2) is 26.7 Å². The van der Waals surface area contributed by atoms with Crippen LogP contribution in [0.25, 0.3) is 0 Å². The Morgan fingerprint density at radius 3 is 2.29 bits per heavy atom. The molecular weight excluding hydrogens is 375 g/mol. The van der Waals surface area contributed by atoms with Crippen molar-refractivity contribution < 1.29 is 14.3 Å². The molecule has 128 valence electrons. The first-order valence-electron chi connectivity index (χ1n) is 6.85. The minimum Gasteiger partial charge on any atom is -0.495 e. The molecule has 24 heavy (non-hydrogen) atoms. The lowest BCUT2D eigenvalue weighted by molar-refractivity contribution is -0.114. The number of anilines is 2. The van der Waals surface area contributed by atoms with Crippen molar-refractivity contribution in [1.29, 1.82) is 0 Å². The molecule has 0 aliphatic carbocycles. The van der Waals surface area contributed by atoms with Crippen molar-refractivity contribution in [2.24, 2.45) is 0 Å². The van der Waals surface area contributed by atoms with E-state index in [-0.39, 0.29) is 12.5 Å². The van der Waals surface area contributed by atoms with Crippen LogP contribution in [0.1, 0.15) is 0 Å². The maximum atomic E-state index is 12.1. The molecule has 0 saturated carbocycles. The summed E-state index contributed by atoms with van der Waals surface area (Å²) in [5.74, 6) is 0.720. The van der Waals surface area contributed by atoms with Gasteiger partial charge in [0.05, 0.1) is 41.5 Å². The van der Waals surface area contributed by atoms with Gasteiger partial charge in [-0.25, -0.2) is 0 Å². The zero-order chi connectivity index (χ0) is 17.7. The number of ether oxygens (including phenoxy) is 2. The fraction of sp³-hybridized carbons (Fsp3) is 0.188. The predicted octanol–water partition coefficient (Wildman–Crippen LogP) is 4.71. The van der Waals surface area contributed by atoms with E-state index < -0.39 is 0 Å². The Morgan fingerprint density at radius 2 is 1.67 bits per heavy atom. The summed E-state index contributed by atoms with van der Waals surface area (Å²) in [5, 5.41) is 6.90. The molecular formula is C16H15Cl3N2O3. The molecule has 0 aliphatic heterocycles. The Hall–Kier alpha value is -1.82. The van der Waals surface area contributed by atoms with E-state index in [0.717, 1.165) is 0 Å². The number of hydrogen-bond donors (Lipinski definition) is 2. The summed E-state index contributed by atoms with van der Waals surface area (Å²) < 4.78 is 10.4. The molecule has 0 radical (unpaired) electrons. The Bertz CT molecular complexity index is 754. The van der Waals surface area contributed by atoms with Crippen molar-refractivity contribution in [3.8, 4) is 11.5 Å². The highest BCUT2D eigenvalue weighted by atomic mass is 35.5. The van der Waals surface area contributed by atoms with E-state index in [4.69, 9.17) is 44.3 Å². The number of benzene rings is 2. The van der Waals surface area contributed by atoms with Gasteiger partial charge < -0.3 is 20.1 Å². The Morgan fingerprint density at radius 1 is 0.958 bits per heavy atom. The van der Waals surface area contributed by atoms with Gasteiger partial charge in [-0.2, -0.15) is 0 Å². The van der Waals surface area contributed by atoms with Gasteiger partial charge in [0.2, 0.25) is 5.91 Å². The van der Waals surface area contributed by atoms with Crippen molar-refractivity contribution in [1.82, 2.24) is 0 Å². The first-order chi connectivity index (χ1) is 11.4. The lowest BCUT2D eigenvalue weighted by Crippen LogP contribution is -2.22. The largest absolute Gasteiger partial charge is 0.495 e. The quantitative estimate of drug-likeness (QED) is 0.751. The van der Waals surface area contributed by atoms with Gasteiger partial charge in [0, 0.05) is 17.8 Å². The Balaban J connectivity index is 2.04. The number of carbonyl (C=O) groups is 1. The van der Waals surface area contributed by atoms with Gasteiger partial charge in [-0.15, -0.1) is 0 Å². The fourth-order valence-corrected chi connectivity index (χ4v) is 2.48. The van der Waals surface area contributed by atoms with Gasteiger partial charge in [0.15, 0.2) is 0 Å². The predicted molar refractivity (Wildman–Crippen MR) is 98.1 cm³/mol. The van der Waals surface area contributed by atoms with Crippen LogP contribution in [0.15, 0.2) is 30.3 Å². The van der Waals surface area contributed by atoms with Crippen molar-refractivity contribution in [3.05, 3.63) is 45.4 Å². The summed E-state index contributed by atoms with van der Waals surface area (Å²) in [6.07, 6.45) is 0. The zero-order valence-electron chi connectivity index (χ0n) is 13.0. The molecule has 2 aromatic rings. The first-order valence-corrected chi connectivity index (χ1v) is 7.98. The van der Waals surface area contributed by atoms with Gasteiger partial charge in [0.1, 0.15) is 11.5 Å². The molecule has 2 rings (SSSR count). The third-order valence-corrected chi connectivity index (χ3v) is 4.15. The average molecular weight is 390 g/mol. The van der Waals surface area contributed by atoms with Crippen LogP contribution < -0.4 is 20.1 Å². The second-order valence-electron chi connectivity index (χ2n) is 4.72. The van der Waals surface area contributed by atoms with Crippen LogP contribution in [0, 0.1) is 0 Å². The second kappa shape index (κ2) is 8.33. The third kappa shape index (κ3) is 4.60. The van der Waals surface area contributed by atoms with Crippen LogP contribution in [0.5, 0.6) is 11.5 Å². The van der Waals surface area contributed by atoms with E-state index in [9.17, 15) is 4.79 Å². The second-order valence-corrected chi connectivity index (χ2v) is 5.94. The Kier molecular flexibility index (Phi) is 6.43. The topological polar surface area (TPSA) is 59.6 Å². The summed E-state index contributed by atoms with van der Waals surface area (Å²) in [4.78, 5) is 12.1. The molecule has 8 heteroatoms. The molecule has 5 nitrogen and oxygen atoms in total. The number of methoxy groups -OCH3 is 2. The number of amides is 1. The van der Waals surface area contributed by atoms with Crippen LogP contribution in [0.2, 0.25) is 15.1 Å². The lowest BCUT2D eigenvalue weighted by atomic mass is 10.2. The molecule has 0 aromatic heterocycles. The minimum atomic E-state index is -0.260. The van der Waals surface area contributed by atoms with Crippen molar-refractivity contribution in [2.75, 3.05) is 31.4 Å². The molecule has 2 aromatic carbocycles. The molecule has 0 heterocycles. The van der Waals surface area contributed by atoms with Gasteiger partial charge in [0.25, 0.3) is 0 Å². The highest BCUT2D eigenvalue weighted by molar-refractivity contribution is 6.42. The number of halogens is 3. The van der Waals surface area contributed by atoms with Gasteiger partial charge in [-0.1, -0.05) is 34.8 Å². The highest BCUT2D eigenvalue weighted by Gasteiger charge is 2.11. The normalized spacial score (nSPS) is 10.2. The SMILES string of the molecule is COc1cc(NCC(=O)Nc2ccc(Cl)c(Cl)c2)c(OC)cc1Cl. The van der Waals surface area contributed by atoms with E-state index in [2.05, 4.69) is 10.6 Å². The van der Waals surface area contributed by atoms with E-state index in [1.807, 2.05) is 0 Å². The van der Waals surface area contributed by atoms with E-state index in [1.165, 1.54) is 14.2 Å². The summed E-state index contributed by atoms with van der Waals surface area (Å²) in [5.41, 5.74) is 1.14. The summed E-state index contributed by atoms with van der Waals surface area (Å²) in [6, 6.07) is 8.12. The van der Waals surface area contributed by atoms with E-state index in [1.54, 1.807) is 30.3 Å². The molecule has 0 unspecified atom stereocenters. The van der Waals surface area contributed by atoms with Crippen LogP contribution in [0.4, 0.5) is 11.4 Å². The summed E-state index contributed by atoms with van der Waals surface area (Å²) >= 11 is 17.8. The smallest absolute Gasteiger partial charge is 0.243 e. The van der Waals surface area contributed by atoms with Crippen LogP contribution in [-0.2, 0) is 4.79 Å². The average Bonchev–Trinajstić information content (AvgIpc) is 2.56. The first kappa shape index (κ1) is 18.5. The van der Waals surface area contributed by atoms with Crippen molar-refractivity contribution in [2.45, 2.75) is 0 Å². The van der Waals surface area contributed by atoms with Crippen LogP contribution in [0.3, 0.4) is 0 Å². The molecule has 1 amide bonds. The number of nitrogens with one attached hydrogen (secondary N) is 2. The summed E-state index contributed by atoms with van der Waals surface area (Å²) in [6.45, 7) is 0.0153. The zero-order valence-corrected chi connectivity index (χ0v) is 15.2. The maximum Gasteiger partial charge on any atom is 0.243 e. The van der Waals surface area contributed by atoms with Crippen molar-refractivity contribution >= 4 is 52.1 Å². The summed E-state index contributed by atoms with van der Waals surface area (Å²) in [7, 11) is 3.02. The van der Waals surface area contributed by atoms with Crippen molar-refractivity contribution in [3.63, 3.8) is 0 Å². The number of rotatable bonds is 6. The molecule has 0 spiro atoms. The molecule has 0 atom stereocenters. The minimum absolute atomic E-state index is 0.0153. The standard InChI is InChI=1S/C16H15Cl3N2O3/c1-23-14-7-13(15(24-2)6-12(14)19)20-8-16(22)21-9-3-4-10(17)11(18)5-9/h3-7,20H,8H2,1-2H3,(H,21,22). The fourth-order valence-electron chi connectivity index (χ4n) is 1.95. The highest BCUT2D eigenvalue weighted by Crippen LogP contribution is 2.35. The third-order valence-electron chi connectivity index (χ3n) is 3.12. The van der Waals surface area contributed by atoms with Gasteiger partial charge >= 0.3 is 0 Å².